The number of carboxylic acids is 1. The highest BCUT2D eigenvalue weighted by Gasteiger charge is 2.41. The molecule has 0 saturated carbocycles. The first kappa shape index (κ1) is 15.6. The van der Waals surface area contributed by atoms with Crippen LogP contribution in [0, 0.1) is 0 Å². The average Bonchev–Trinajstić information content (AvgIpc) is 2.46. The van der Waals surface area contributed by atoms with Gasteiger partial charge in [0.25, 0.3) is 0 Å². The number of rotatable bonds is 4. The van der Waals surface area contributed by atoms with Gasteiger partial charge in [0.05, 0.1) is 0 Å². The lowest BCUT2D eigenvalue weighted by molar-refractivity contribution is -0.148. The molecule has 0 radical (unpaired) electrons. The van der Waals surface area contributed by atoms with E-state index in [1.807, 2.05) is 6.07 Å². The summed E-state index contributed by atoms with van der Waals surface area (Å²) in [4.78, 5) is 23.3. The first-order chi connectivity index (χ1) is 10.0. The molecule has 3 N–H and O–H groups in total. The molecule has 7 heteroatoms. The van der Waals surface area contributed by atoms with Crippen LogP contribution in [0.15, 0.2) is 24.3 Å². The highest BCUT2D eigenvalue weighted by molar-refractivity contribution is 6.30. The molecule has 114 valence electrons. The monoisotopic (exact) mass is 312 g/mol. The van der Waals surface area contributed by atoms with Crippen LogP contribution in [0.1, 0.15) is 18.4 Å². The fourth-order valence-corrected chi connectivity index (χ4v) is 2.42. The normalized spacial score (nSPS) is 17.0. The maximum absolute atomic E-state index is 11.9. The Morgan fingerprint density at radius 3 is 2.67 bits per heavy atom. The summed E-state index contributed by atoms with van der Waals surface area (Å²) >= 11 is 5.86. The van der Waals surface area contributed by atoms with Crippen LogP contribution in [0.4, 0.5) is 4.79 Å². The van der Waals surface area contributed by atoms with Gasteiger partial charge in [0, 0.05) is 37.6 Å². The van der Waals surface area contributed by atoms with Crippen LogP contribution < -0.4 is 10.6 Å². The molecular formula is C14H17ClN2O4. The molecule has 2 rings (SSSR count). The molecule has 0 spiro atoms. The number of benzene rings is 1. The molecule has 1 heterocycles. The molecule has 0 aromatic heterocycles. The minimum atomic E-state index is -1.25. The lowest BCUT2D eigenvalue weighted by Gasteiger charge is -2.33. The minimum Gasteiger partial charge on any atom is -0.480 e. The number of ether oxygens (including phenoxy) is 1. The van der Waals surface area contributed by atoms with Crippen LogP contribution in [0.2, 0.25) is 5.02 Å². The van der Waals surface area contributed by atoms with Gasteiger partial charge in [0.1, 0.15) is 5.54 Å². The van der Waals surface area contributed by atoms with E-state index in [0.29, 0.717) is 18.2 Å². The zero-order valence-electron chi connectivity index (χ0n) is 11.4. The third-order valence-corrected chi connectivity index (χ3v) is 3.69. The number of urea groups is 1. The van der Waals surface area contributed by atoms with Crippen molar-refractivity contribution in [3.8, 4) is 0 Å². The van der Waals surface area contributed by atoms with Crippen molar-refractivity contribution in [2.45, 2.75) is 24.9 Å². The van der Waals surface area contributed by atoms with E-state index in [-0.39, 0.29) is 19.4 Å². The van der Waals surface area contributed by atoms with Gasteiger partial charge in [-0.05, 0) is 17.7 Å². The fourth-order valence-electron chi connectivity index (χ4n) is 2.20. The van der Waals surface area contributed by atoms with E-state index in [2.05, 4.69) is 10.6 Å². The summed E-state index contributed by atoms with van der Waals surface area (Å²) in [6, 6.07) is 6.58. The zero-order valence-corrected chi connectivity index (χ0v) is 12.2. The molecule has 1 aliphatic heterocycles. The molecule has 0 aliphatic carbocycles. The summed E-state index contributed by atoms with van der Waals surface area (Å²) in [5.74, 6) is -1.04. The predicted octanol–water partition coefficient (Wildman–Crippen LogP) is 1.77. The van der Waals surface area contributed by atoms with Gasteiger partial charge in [-0.1, -0.05) is 23.7 Å². The van der Waals surface area contributed by atoms with E-state index in [1.54, 1.807) is 18.2 Å². The lowest BCUT2D eigenvalue weighted by atomic mass is 9.90. The van der Waals surface area contributed by atoms with E-state index in [0.717, 1.165) is 5.56 Å². The fraction of sp³-hybridized carbons (Fsp3) is 0.429. The molecule has 21 heavy (non-hydrogen) atoms. The topological polar surface area (TPSA) is 87.7 Å². The molecular weight excluding hydrogens is 296 g/mol. The Balaban J connectivity index is 1.92. The third-order valence-electron chi connectivity index (χ3n) is 3.45. The molecule has 2 amide bonds. The number of aliphatic carboxylic acids is 1. The number of carbonyl (C=O) groups excluding carboxylic acids is 1. The molecule has 1 saturated heterocycles. The molecule has 1 aromatic rings. The first-order valence-corrected chi connectivity index (χ1v) is 7.01. The number of nitrogens with one attached hydrogen (secondary N) is 2. The number of hydrogen-bond donors (Lipinski definition) is 3. The van der Waals surface area contributed by atoms with E-state index < -0.39 is 17.5 Å². The van der Waals surface area contributed by atoms with Gasteiger partial charge in [-0.15, -0.1) is 0 Å². The van der Waals surface area contributed by atoms with Crippen LogP contribution >= 0.6 is 11.6 Å². The Bertz CT molecular complexity index is 529. The average molecular weight is 313 g/mol. The molecule has 0 atom stereocenters. The van der Waals surface area contributed by atoms with E-state index in [1.165, 1.54) is 0 Å². The minimum absolute atomic E-state index is 0.257. The maximum Gasteiger partial charge on any atom is 0.329 e. The molecule has 1 aromatic carbocycles. The largest absolute Gasteiger partial charge is 0.480 e. The Hall–Kier alpha value is -1.79. The predicted molar refractivity (Wildman–Crippen MR) is 77.2 cm³/mol. The second-order valence-corrected chi connectivity index (χ2v) is 5.37. The third kappa shape index (κ3) is 4.09. The quantitative estimate of drug-likeness (QED) is 0.790. The van der Waals surface area contributed by atoms with Crippen molar-refractivity contribution in [2.24, 2.45) is 0 Å². The van der Waals surface area contributed by atoms with Crippen molar-refractivity contribution in [1.29, 1.82) is 0 Å². The van der Waals surface area contributed by atoms with Crippen LogP contribution in [-0.4, -0.2) is 35.9 Å². The highest BCUT2D eigenvalue weighted by atomic mass is 35.5. The van der Waals surface area contributed by atoms with Gasteiger partial charge in [-0.25, -0.2) is 9.59 Å². The van der Waals surface area contributed by atoms with E-state index >= 15 is 0 Å². The second kappa shape index (κ2) is 6.78. The smallest absolute Gasteiger partial charge is 0.329 e. The van der Waals surface area contributed by atoms with Gasteiger partial charge >= 0.3 is 12.0 Å². The standard InChI is InChI=1S/C14H17ClN2O4/c15-11-3-1-2-10(8-11)9-16-13(20)17-14(12(18)19)4-6-21-7-5-14/h1-3,8H,4-7,9H2,(H,18,19)(H2,16,17,20). The maximum atomic E-state index is 11.9. The number of halogens is 1. The van der Waals surface area contributed by atoms with E-state index in [9.17, 15) is 14.7 Å². The number of carbonyl (C=O) groups is 2. The SMILES string of the molecule is O=C(NCc1cccc(Cl)c1)NC1(C(=O)O)CCOCC1. The van der Waals surface area contributed by atoms with E-state index in [4.69, 9.17) is 16.3 Å². The Labute approximate surface area is 127 Å². The number of hydrogen-bond acceptors (Lipinski definition) is 3. The molecule has 1 fully saturated rings. The van der Waals surface area contributed by atoms with Gasteiger partial charge in [-0.3, -0.25) is 0 Å². The summed E-state index contributed by atoms with van der Waals surface area (Å²) in [5.41, 5.74) is -0.412. The summed E-state index contributed by atoms with van der Waals surface area (Å²) < 4.78 is 5.15. The van der Waals surface area contributed by atoms with Crippen molar-refractivity contribution in [2.75, 3.05) is 13.2 Å². The van der Waals surface area contributed by atoms with Gasteiger partial charge in [-0.2, -0.15) is 0 Å². The van der Waals surface area contributed by atoms with Gasteiger partial charge in [0.2, 0.25) is 0 Å². The van der Waals surface area contributed by atoms with Gasteiger partial charge in [0.15, 0.2) is 0 Å². The summed E-state index contributed by atoms with van der Waals surface area (Å²) in [5, 5.41) is 15.1. The molecule has 0 unspecified atom stereocenters. The molecule has 1 aliphatic rings. The van der Waals surface area contributed by atoms with Gasteiger partial charge < -0.3 is 20.5 Å². The summed E-state index contributed by atoms with van der Waals surface area (Å²) in [6.45, 7) is 0.917. The highest BCUT2D eigenvalue weighted by Crippen LogP contribution is 2.21. The first-order valence-electron chi connectivity index (χ1n) is 6.63. The Morgan fingerprint density at radius 1 is 1.33 bits per heavy atom. The van der Waals surface area contributed by atoms with Crippen LogP contribution in [0.3, 0.4) is 0 Å². The molecule has 0 bridgehead atoms. The Kier molecular flexibility index (Phi) is 5.03. The van der Waals surface area contributed by atoms with Crippen molar-refractivity contribution in [1.82, 2.24) is 10.6 Å². The van der Waals surface area contributed by atoms with Crippen molar-refractivity contribution in [3.63, 3.8) is 0 Å². The summed E-state index contributed by atoms with van der Waals surface area (Å²) in [7, 11) is 0. The number of carboxylic acid groups (broad SMARTS) is 1. The van der Waals surface area contributed by atoms with Crippen LogP contribution in [-0.2, 0) is 16.1 Å². The van der Waals surface area contributed by atoms with Crippen molar-refractivity contribution < 1.29 is 19.4 Å². The van der Waals surface area contributed by atoms with Crippen molar-refractivity contribution >= 4 is 23.6 Å². The van der Waals surface area contributed by atoms with Crippen LogP contribution in [0.5, 0.6) is 0 Å². The second-order valence-electron chi connectivity index (χ2n) is 4.94. The lowest BCUT2D eigenvalue weighted by Crippen LogP contribution is -2.59. The molecule has 6 nitrogen and oxygen atoms in total. The van der Waals surface area contributed by atoms with Crippen molar-refractivity contribution in [3.05, 3.63) is 34.9 Å². The zero-order chi connectivity index (χ0) is 15.3. The van der Waals surface area contributed by atoms with Crippen LogP contribution in [0.25, 0.3) is 0 Å². The Morgan fingerprint density at radius 2 is 2.05 bits per heavy atom. The number of amides is 2. The summed E-state index contributed by atoms with van der Waals surface area (Å²) in [6.07, 6.45) is 0.514.